The summed E-state index contributed by atoms with van der Waals surface area (Å²) in [6, 6.07) is 12.5. The first kappa shape index (κ1) is 27.2. The molecular weight excluding hydrogens is 507 g/mol. The van der Waals surface area contributed by atoms with Crippen molar-refractivity contribution in [2.75, 3.05) is 29.4 Å². The van der Waals surface area contributed by atoms with Crippen LogP contribution in [0, 0.1) is 11.2 Å². The normalized spacial score (nSPS) is 21.8. The number of para-hydroxylation sites is 2. The van der Waals surface area contributed by atoms with Crippen molar-refractivity contribution in [3.05, 3.63) is 59.9 Å². The van der Waals surface area contributed by atoms with Crippen molar-refractivity contribution in [2.24, 2.45) is 5.41 Å². The zero-order valence-corrected chi connectivity index (χ0v) is 22.2. The van der Waals surface area contributed by atoms with Gasteiger partial charge in [-0.1, -0.05) is 30.3 Å². The minimum absolute atomic E-state index is 0.0378. The number of amides is 3. The highest BCUT2D eigenvalue weighted by Gasteiger charge is 2.46. The molecule has 6 nitrogen and oxygen atoms in total. The molecular formula is C30H34F3N3O3. The van der Waals surface area contributed by atoms with Gasteiger partial charge in [-0.3, -0.25) is 14.5 Å². The molecule has 3 amide bonds. The molecule has 0 spiro atoms. The number of Topliss-reactive ketones (excluding diaryl/α,β-unsaturated/α-hetero) is 1. The molecule has 0 radical (unpaired) electrons. The van der Waals surface area contributed by atoms with Gasteiger partial charge < -0.3 is 9.80 Å². The Hall–Kier alpha value is -3.36. The van der Waals surface area contributed by atoms with Crippen molar-refractivity contribution in [3.8, 4) is 0 Å². The Balaban J connectivity index is 1.34. The highest BCUT2D eigenvalue weighted by molar-refractivity contribution is 5.98. The van der Waals surface area contributed by atoms with Crippen LogP contribution >= 0.6 is 0 Å². The lowest BCUT2D eigenvalue weighted by molar-refractivity contribution is -0.135. The SMILES string of the molecule is CC(=O)C1(CC(=O)N(c2ccccc2F)C2CCCC(F)(F)C2)CCN(C(=O)N2CCc3ccccc32)CC1. The van der Waals surface area contributed by atoms with Gasteiger partial charge in [0.15, 0.2) is 0 Å². The molecule has 0 N–H and O–H groups in total. The maximum Gasteiger partial charge on any atom is 0.324 e. The van der Waals surface area contributed by atoms with E-state index in [4.69, 9.17) is 0 Å². The second-order valence-electron chi connectivity index (χ2n) is 11.1. The molecule has 3 aliphatic rings. The van der Waals surface area contributed by atoms with Gasteiger partial charge in [0.2, 0.25) is 11.8 Å². The number of fused-ring (bicyclic) bond motifs is 1. The van der Waals surface area contributed by atoms with Crippen LogP contribution < -0.4 is 9.80 Å². The van der Waals surface area contributed by atoms with Crippen molar-refractivity contribution in [2.45, 2.75) is 70.3 Å². The molecule has 1 unspecified atom stereocenters. The van der Waals surface area contributed by atoms with Gasteiger partial charge >= 0.3 is 6.03 Å². The number of benzene rings is 2. The van der Waals surface area contributed by atoms with Crippen LogP contribution in [-0.4, -0.2) is 54.2 Å². The van der Waals surface area contributed by atoms with E-state index < -0.39 is 35.5 Å². The minimum Gasteiger partial charge on any atom is -0.324 e. The first-order chi connectivity index (χ1) is 18.6. The second kappa shape index (κ2) is 10.7. The van der Waals surface area contributed by atoms with Crippen LogP contribution in [0.1, 0.15) is 57.4 Å². The third-order valence-corrected chi connectivity index (χ3v) is 8.71. The van der Waals surface area contributed by atoms with Gasteiger partial charge in [-0.25, -0.2) is 18.0 Å². The number of nitrogens with zero attached hydrogens (tertiary/aromatic N) is 3. The average Bonchev–Trinajstić information content (AvgIpc) is 3.33. The first-order valence-corrected chi connectivity index (χ1v) is 13.7. The second-order valence-corrected chi connectivity index (χ2v) is 11.1. The number of alkyl halides is 2. The summed E-state index contributed by atoms with van der Waals surface area (Å²) in [5.41, 5.74) is 0.931. The van der Waals surface area contributed by atoms with E-state index in [1.54, 1.807) is 15.9 Å². The standard InChI is InChI=1S/C30H34F3N3O3/c1-21(37)29(14-17-34(18-15-29)28(39)35-16-12-22-7-2-4-10-25(22)35)20-27(38)36(26-11-5-3-9-24(26)31)23-8-6-13-30(32,33)19-23/h2-5,7,9-11,23H,6,8,12-20H2,1H3. The molecule has 1 aliphatic carbocycles. The van der Waals surface area contributed by atoms with Gasteiger partial charge in [0.25, 0.3) is 0 Å². The molecule has 9 heteroatoms. The number of likely N-dealkylation sites (tertiary alicyclic amines) is 1. The van der Waals surface area contributed by atoms with Crippen LogP contribution in [-0.2, 0) is 16.0 Å². The monoisotopic (exact) mass is 541 g/mol. The van der Waals surface area contributed by atoms with Crippen LogP contribution in [0.4, 0.5) is 29.3 Å². The number of carbonyl (C=O) groups is 3. The number of hydrogen-bond donors (Lipinski definition) is 0. The lowest BCUT2D eigenvalue weighted by Gasteiger charge is -2.43. The zero-order valence-electron chi connectivity index (χ0n) is 22.2. The predicted molar refractivity (Wildman–Crippen MR) is 143 cm³/mol. The summed E-state index contributed by atoms with van der Waals surface area (Å²) < 4.78 is 43.6. The number of carbonyl (C=O) groups excluding carboxylic acids is 3. The molecule has 1 saturated heterocycles. The van der Waals surface area contributed by atoms with Crippen LogP contribution in [0.3, 0.4) is 0 Å². The Morgan fingerprint density at radius 3 is 2.36 bits per heavy atom. The molecule has 2 aromatic rings. The van der Waals surface area contributed by atoms with E-state index in [9.17, 15) is 27.6 Å². The molecule has 1 atom stereocenters. The van der Waals surface area contributed by atoms with Gasteiger partial charge in [0.05, 0.1) is 5.69 Å². The summed E-state index contributed by atoms with van der Waals surface area (Å²) in [6.07, 6.45) is 0.890. The third-order valence-electron chi connectivity index (χ3n) is 8.71. The summed E-state index contributed by atoms with van der Waals surface area (Å²) in [4.78, 5) is 44.8. The lowest BCUT2D eigenvalue weighted by Crippen LogP contribution is -2.53. The fourth-order valence-corrected chi connectivity index (χ4v) is 6.41. The van der Waals surface area contributed by atoms with E-state index in [1.807, 2.05) is 24.3 Å². The maximum absolute atomic E-state index is 14.9. The van der Waals surface area contributed by atoms with Gasteiger partial charge in [-0.15, -0.1) is 0 Å². The van der Waals surface area contributed by atoms with Crippen LogP contribution in [0.2, 0.25) is 0 Å². The van der Waals surface area contributed by atoms with Gasteiger partial charge in [0.1, 0.15) is 11.6 Å². The van der Waals surface area contributed by atoms with Crippen molar-refractivity contribution < 1.29 is 27.6 Å². The smallest absolute Gasteiger partial charge is 0.324 e. The molecule has 0 aromatic heterocycles. The van der Waals surface area contributed by atoms with E-state index in [0.717, 1.165) is 17.7 Å². The highest BCUT2D eigenvalue weighted by Crippen LogP contribution is 2.42. The average molecular weight is 542 g/mol. The number of ketones is 1. The number of rotatable bonds is 5. The van der Waals surface area contributed by atoms with Crippen LogP contribution in [0.15, 0.2) is 48.5 Å². The molecule has 2 fully saturated rings. The quantitative estimate of drug-likeness (QED) is 0.468. The molecule has 39 heavy (non-hydrogen) atoms. The zero-order chi connectivity index (χ0) is 27.8. The van der Waals surface area contributed by atoms with Gasteiger partial charge in [-0.05, 0) is 62.8 Å². The maximum atomic E-state index is 14.9. The largest absolute Gasteiger partial charge is 0.324 e. The summed E-state index contributed by atoms with van der Waals surface area (Å²) in [5, 5.41) is 0. The molecule has 2 heterocycles. The summed E-state index contributed by atoms with van der Waals surface area (Å²) >= 11 is 0. The number of anilines is 2. The number of urea groups is 1. The molecule has 208 valence electrons. The van der Waals surface area contributed by atoms with E-state index in [0.29, 0.717) is 26.1 Å². The fourth-order valence-electron chi connectivity index (χ4n) is 6.41. The van der Waals surface area contributed by atoms with E-state index in [1.165, 1.54) is 30.0 Å². The van der Waals surface area contributed by atoms with Gasteiger partial charge in [0, 0.05) is 56.0 Å². The molecule has 0 bridgehead atoms. The molecule has 1 saturated carbocycles. The highest BCUT2D eigenvalue weighted by atomic mass is 19.3. The van der Waals surface area contributed by atoms with Crippen molar-refractivity contribution in [3.63, 3.8) is 0 Å². The molecule has 5 rings (SSSR count). The fraction of sp³-hybridized carbons (Fsp3) is 0.500. The topological polar surface area (TPSA) is 60.9 Å². The Kier molecular flexibility index (Phi) is 7.44. The number of hydrogen-bond acceptors (Lipinski definition) is 3. The lowest BCUT2D eigenvalue weighted by atomic mass is 9.72. The summed E-state index contributed by atoms with van der Waals surface area (Å²) in [5.74, 6) is -4.32. The van der Waals surface area contributed by atoms with Crippen molar-refractivity contribution in [1.29, 1.82) is 0 Å². The minimum atomic E-state index is -2.94. The van der Waals surface area contributed by atoms with E-state index in [-0.39, 0.29) is 49.6 Å². The Bertz CT molecular complexity index is 1260. The Morgan fingerprint density at radius 2 is 1.67 bits per heavy atom. The van der Waals surface area contributed by atoms with Crippen LogP contribution in [0.5, 0.6) is 0 Å². The Morgan fingerprint density at radius 1 is 0.974 bits per heavy atom. The van der Waals surface area contributed by atoms with Crippen molar-refractivity contribution in [1.82, 2.24) is 4.90 Å². The van der Waals surface area contributed by atoms with Crippen molar-refractivity contribution >= 4 is 29.1 Å². The first-order valence-electron chi connectivity index (χ1n) is 13.7. The number of piperidine rings is 1. The predicted octanol–water partition coefficient (Wildman–Crippen LogP) is 5.98. The summed E-state index contributed by atoms with van der Waals surface area (Å²) in [7, 11) is 0. The molecule has 2 aliphatic heterocycles. The van der Waals surface area contributed by atoms with E-state index >= 15 is 0 Å². The Labute approximate surface area is 226 Å². The third kappa shape index (κ3) is 5.40. The van der Waals surface area contributed by atoms with E-state index in [2.05, 4.69) is 0 Å². The van der Waals surface area contributed by atoms with Crippen LogP contribution in [0.25, 0.3) is 0 Å². The van der Waals surface area contributed by atoms with Gasteiger partial charge in [-0.2, -0.15) is 0 Å². The molecule has 2 aromatic carbocycles. The summed E-state index contributed by atoms with van der Waals surface area (Å²) in [6.45, 7) is 2.62. The number of halogens is 3.